The molecule has 0 spiro atoms. The first-order valence-electron chi connectivity index (χ1n) is 6.51. The minimum Gasteiger partial charge on any atom is -0.508 e. The highest BCUT2D eigenvalue weighted by atomic mass is 16.3. The molecule has 3 aromatic rings. The standard InChI is InChI=1S/C16H15N3O/c20-16-8-4-1-5-12(16)9-17-10-13-11-18-14-6-2-3-7-15(14)19-13/h1-8,11,17,20H,9-10H2. The zero-order chi connectivity index (χ0) is 13.8. The fourth-order valence-corrected chi connectivity index (χ4v) is 2.07. The summed E-state index contributed by atoms with van der Waals surface area (Å²) in [6.45, 7) is 1.22. The minimum atomic E-state index is 0.310. The van der Waals surface area contributed by atoms with E-state index in [2.05, 4.69) is 15.3 Å². The van der Waals surface area contributed by atoms with E-state index in [1.54, 1.807) is 12.3 Å². The number of hydrogen-bond donors (Lipinski definition) is 2. The van der Waals surface area contributed by atoms with Crippen LogP contribution in [0.2, 0.25) is 0 Å². The number of rotatable bonds is 4. The predicted octanol–water partition coefficient (Wildman–Crippen LogP) is 2.63. The number of hydrogen-bond acceptors (Lipinski definition) is 4. The molecule has 3 rings (SSSR count). The fourth-order valence-electron chi connectivity index (χ4n) is 2.07. The molecule has 2 aromatic carbocycles. The van der Waals surface area contributed by atoms with E-state index in [1.807, 2.05) is 42.5 Å². The van der Waals surface area contributed by atoms with E-state index < -0.39 is 0 Å². The summed E-state index contributed by atoms with van der Waals surface area (Å²) in [7, 11) is 0. The second kappa shape index (κ2) is 5.67. The molecule has 4 heteroatoms. The smallest absolute Gasteiger partial charge is 0.120 e. The summed E-state index contributed by atoms with van der Waals surface area (Å²) in [4.78, 5) is 8.91. The monoisotopic (exact) mass is 265 g/mol. The van der Waals surface area contributed by atoms with Crippen molar-refractivity contribution in [3.8, 4) is 5.75 Å². The van der Waals surface area contributed by atoms with Crippen molar-refractivity contribution >= 4 is 11.0 Å². The Balaban J connectivity index is 1.67. The Morgan fingerprint density at radius 2 is 1.65 bits per heavy atom. The van der Waals surface area contributed by atoms with Crippen LogP contribution in [-0.2, 0) is 13.1 Å². The average molecular weight is 265 g/mol. The molecule has 0 radical (unpaired) electrons. The maximum absolute atomic E-state index is 9.68. The van der Waals surface area contributed by atoms with Crippen LogP contribution >= 0.6 is 0 Å². The number of fused-ring (bicyclic) bond motifs is 1. The normalized spacial score (nSPS) is 10.8. The molecule has 20 heavy (non-hydrogen) atoms. The van der Waals surface area contributed by atoms with Gasteiger partial charge in [-0.05, 0) is 18.2 Å². The van der Waals surface area contributed by atoms with Gasteiger partial charge in [-0.2, -0.15) is 0 Å². The van der Waals surface area contributed by atoms with Gasteiger partial charge in [0.25, 0.3) is 0 Å². The van der Waals surface area contributed by atoms with E-state index in [0.29, 0.717) is 18.8 Å². The molecule has 0 bridgehead atoms. The lowest BCUT2D eigenvalue weighted by Crippen LogP contribution is -2.14. The molecular weight excluding hydrogens is 250 g/mol. The Bertz CT molecular complexity index is 727. The molecule has 1 heterocycles. The molecule has 0 aliphatic heterocycles. The van der Waals surface area contributed by atoms with E-state index in [9.17, 15) is 5.11 Å². The van der Waals surface area contributed by atoms with Gasteiger partial charge in [-0.1, -0.05) is 30.3 Å². The number of nitrogens with one attached hydrogen (secondary N) is 1. The summed E-state index contributed by atoms with van der Waals surface area (Å²) in [5, 5.41) is 12.9. The van der Waals surface area contributed by atoms with Crippen molar-refractivity contribution in [1.29, 1.82) is 0 Å². The number of nitrogens with zero attached hydrogens (tertiary/aromatic N) is 2. The highest BCUT2D eigenvalue weighted by Crippen LogP contribution is 2.15. The Morgan fingerprint density at radius 1 is 0.900 bits per heavy atom. The third-order valence-corrected chi connectivity index (χ3v) is 3.11. The summed E-state index contributed by atoms with van der Waals surface area (Å²) in [6.07, 6.45) is 1.78. The molecule has 0 aliphatic carbocycles. The summed E-state index contributed by atoms with van der Waals surface area (Å²) in [5.41, 5.74) is 3.56. The zero-order valence-corrected chi connectivity index (χ0v) is 11.0. The maximum Gasteiger partial charge on any atom is 0.120 e. The van der Waals surface area contributed by atoms with Crippen LogP contribution in [0.3, 0.4) is 0 Å². The highest BCUT2D eigenvalue weighted by Gasteiger charge is 2.01. The van der Waals surface area contributed by atoms with Gasteiger partial charge in [0.05, 0.1) is 22.9 Å². The number of aromatic hydroxyl groups is 1. The first-order chi connectivity index (χ1) is 9.83. The maximum atomic E-state index is 9.68. The molecule has 4 nitrogen and oxygen atoms in total. The van der Waals surface area contributed by atoms with E-state index in [-0.39, 0.29) is 0 Å². The van der Waals surface area contributed by atoms with Crippen molar-refractivity contribution in [2.24, 2.45) is 0 Å². The van der Waals surface area contributed by atoms with Crippen LogP contribution in [0.15, 0.2) is 54.7 Å². The second-order valence-electron chi connectivity index (χ2n) is 4.58. The Kier molecular flexibility index (Phi) is 3.56. The lowest BCUT2D eigenvalue weighted by molar-refractivity contribution is 0.464. The molecule has 0 unspecified atom stereocenters. The molecule has 100 valence electrons. The van der Waals surface area contributed by atoms with E-state index >= 15 is 0 Å². The molecule has 0 saturated heterocycles. The Hall–Kier alpha value is -2.46. The molecule has 0 saturated carbocycles. The van der Waals surface area contributed by atoms with Crippen LogP contribution in [0.25, 0.3) is 11.0 Å². The molecule has 0 amide bonds. The largest absolute Gasteiger partial charge is 0.508 e. The SMILES string of the molecule is Oc1ccccc1CNCc1cnc2ccccc2n1. The number of para-hydroxylation sites is 3. The van der Waals surface area contributed by atoms with Crippen LogP contribution in [-0.4, -0.2) is 15.1 Å². The van der Waals surface area contributed by atoms with Crippen molar-refractivity contribution in [3.05, 3.63) is 66.0 Å². The summed E-state index contributed by atoms with van der Waals surface area (Å²) >= 11 is 0. The van der Waals surface area contributed by atoms with Crippen LogP contribution in [0.4, 0.5) is 0 Å². The Labute approximate surface area is 117 Å². The van der Waals surface area contributed by atoms with Crippen molar-refractivity contribution in [3.63, 3.8) is 0 Å². The molecule has 0 fully saturated rings. The van der Waals surface area contributed by atoms with Crippen molar-refractivity contribution < 1.29 is 5.11 Å². The molecular formula is C16H15N3O. The summed E-state index contributed by atoms with van der Waals surface area (Å²) in [5.74, 6) is 0.310. The van der Waals surface area contributed by atoms with E-state index in [1.165, 1.54) is 0 Å². The number of aromatic nitrogens is 2. The number of benzene rings is 2. The average Bonchev–Trinajstić information content (AvgIpc) is 2.49. The first kappa shape index (κ1) is 12.6. The van der Waals surface area contributed by atoms with Gasteiger partial charge in [-0.3, -0.25) is 4.98 Å². The molecule has 0 atom stereocenters. The Morgan fingerprint density at radius 3 is 2.50 bits per heavy atom. The highest BCUT2D eigenvalue weighted by molar-refractivity contribution is 5.73. The van der Waals surface area contributed by atoms with Crippen molar-refractivity contribution in [2.75, 3.05) is 0 Å². The summed E-state index contributed by atoms with van der Waals surface area (Å²) in [6, 6.07) is 15.1. The van der Waals surface area contributed by atoms with Gasteiger partial charge in [-0.25, -0.2) is 4.98 Å². The second-order valence-corrected chi connectivity index (χ2v) is 4.58. The topological polar surface area (TPSA) is 58.0 Å². The lowest BCUT2D eigenvalue weighted by atomic mass is 10.2. The number of phenols is 1. The number of phenolic OH excluding ortho intramolecular Hbond substituents is 1. The third kappa shape index (κ3) is 2.75. The third-order valence-electron chi connectivity index (χ3n) is 3.11. The van der Waals surface area contributed by atoms with E-state index in [0.717, 1.165) is 22.3 Å². The van der Waals surface area contributed by atoms with Crippen LogP contribution in [0.5, 0.6) is 5.75 Å². The van der Waals surface area contributed by atoms with Crippen LogP contribution in [0.1, 0.15) is 11.3 Å². The van der Waals surface area contributed by atoms with Gasteiger partial charge in [0.1, 0.15) is 5.75 Å². The zero-order valence-electron chi connectivity index (χ0n) is 11.0. The van der Waals surface area contributed by atoms with Crippen LogP contribution < -0.4 is 5.32 Å². The fraction of sp³-hybridized carbons (Fsp3) is 0.125. The van der Waals surface area contributed by atoms with Gasteiger partial charge in [-0.15, -0.1) is 0 Å². The van der Waals surface area contributed by atoms with Gasteiger partial charge in [0, 0.05) is 18.7 Å². The molecule has 0 aliphatic rings. The van der Waals surface area contributed by atoms with Gasteiger partial charge in [0.2, 0.25) is 0 Å². The first-order valence-corrected chi connectivity index (χ1v) is 6.51. The quantitative estimate of drug-likeness (QED) is 0.761. The predicted molar refractivity (Wildman–Crippen MR) is 78.2 cm³/mol. The van der Waals surface area contributed by atoms with Gasteiger partial charge >= 0.3 is 0 Å². The lowest BCUT2D eigenvalue weighted by Gasteiger charge is -2.06. The van der Waals surface area contributed by atoms with Crippen LogP contribution in [0, 0.1) is 0 Å². The molecule has 1 aromatic heterocycles. The van der Waals surface area contributed by atoms with Gasteiger partial charge < -0.3 is 10.4 Å². The summed E-state index contributed by atoms with van der Waals surface area (Å²) < 4.78 is 0. The van der Waals surface area contributed by atoms with Crippen molar-refractivity contribution in [1.82, 2.24) is 15.3 Å². The molecule has 2 N–H and O–H groups in total. The van der Waals surface area contributed by atoms with E-state index in [4.69, 9.17) is 0 Å². The van der Waals surface area contributed by atoms with Gasteiger partial charge in [0.15, 0.2) is 0 Å². The van der Waals surface area contributed by atoms with Crippen molar-refractivity contribution in [2.45, 2.75) is 13.1 Å². The minimum absolute atomic E-state index is 0.310.